The van der Waals surface area contributed by atoms with E-state index in [-0.39, 0.29) is 12.2 Å². The molecular weight excluding hydrogens is 241 g/mol. The molecule has 1 N–H and O–H groups in total. The third-order valence-electron chi connectivity index (χ3n) is 2.49. The van der Waals surface area contributed by atoms with E-state index in [2.05, 4.69) is 4.98 Å². The van der Waals surface area contributed by atoms with Gasteiger partial charge in [0, 0.05) is 23.8 Å². The first-order valence-corrected chi connectivity index (χ1v) is 5.56. The third kappa shape index (κ3) is 3.02. The minimum atomic E-state index is -0.781. The van der Waals surface area contributed by atoms with Gasteiger partial charge in [0.15, 0.2) is 0 Å². The van der Waals surface area contributed by atoms with Gasteiger partial charge in [-0.2, -0.15) is 0 Å². The van der Waals surface area contributed by atoms with E-state index in [4.69, 9.17) is 11.6 Å². The van der Waals surface area contributed by atoms with Crippen LogP contribution in [0.3, 0.4) is 0 Å². The van der Waals surface area contributed by atoms with Crippen LogP contribution < -0.4 is 0 Å². The number of nitrogens with zero attached hydrogens (tertiary/aromatic N) is 1. The van der Waals surface area contributed by atoms with Crippen molar-refractivity contribution in [3.63, 3.8) is 0 Å². The van der Waals surface area contributed by atoms with Gasteiger partial charge in [0.2, 0.25) is 0 Å². The molecule has 1 atom stereocenters. The number of hydrogen-bond donors (Lipinski definition) is 1. The van der Waals surface area contributed by atoms with Gasteiger partial charge in [-0.25, -0.2) is 4.39 Å². The summed E-state index contributed by atoms with van der Waals surface area (Å²) >= 11 is 5.79. The number of benzene rings is 1. The van der Waals surface area contributed by atoms with Crippen molar-refractivity contribution < 1.29 is 9.50 Å². The second-order valence-electron chi connectivity index (χ2n) is 3.74. The molecule has 2 rings (SSSR count). The molecule has 0 saturated carbocycles. The average Bonchev–Trinajstić information content (AvgIpc) is 2.35. The van der Waals surface area contributed by atoms with Crippen molar-refractivity contribution in [2.45, 2.75) is 12.5 Å². The highest BCUT2D eigenvalue weighted by atomic mass is 35.5. The van der Waals surface area contributed by atoms with E-state index in [1.54, 1.807) is 24.5 Å². The summed E-state index contributed by atoms with van der Waals surface area (Å²) in [6, 6.07) is 7.79. The van der Waals surface area contributed by atoms with Crippen LogP contribution in [0.15, 0.2) is 42.7 Å². The fourth-order valence-corrected chi connectivity index (χ4v) is 1.79. The Kier molecular flexibility index (Phi) is 3.71. The number of aliphatic hydroxyl groups is 1. The highest BCUT2D eigenvalue weighted by molar-refractivity contribution is 6.30. The number of rotatable bonds is 3. The first-order chi connectivity index (χ1) is 8.16. The monoisotopic (exact) mass is 251 g/mol. The van der Waals surface area contributed by atoms with Crippen molar-refractivity contribution in [2.75, 3.05) is 0 Å². The summed E-state index contributed by atoms with van der Waals surface area (Å²) in [7, 11) is 0. The Morgan fingerprint density at radius 3 is 2.88 bits per heavy atom. The van der Waals surface area contributed by atoms with Crippen LogP contribution in [0.4, 0.5) is 4.39 Å². The Balaban J connectivity index is 2.18. The van der Waals surface area contributed by atoms with Crippen LogP contribution in [0.1, 0.15) is 17.2 Å². The van der Waals surface area contributed by atoms with Crippen molar-refractivity contribution in [3.05, 3.63) is 64.7 Å². The molecule has 0 aliphatic heterocycles. The minimum absolute atomic E-state index is 0.179. The van der Waals surface area contributed by atoms with Gasteiger partial charge in [0.25, 0.3) is 0 Å². The molecule has 1 aromatic carbocycles. The van der Waals surface area contributed by atoms with Crippen molar-refractivity contribution in [1.29, 1.82) is 0 Å². The molecular formula is C13H11ClFNO. The van der Waals surface area contributed by atoms with Crippen molar-refractivity contribution >= 4 is 11.6 Å². The molecule has 0 aliphatic carbocycles. The number of pyridine rings is 1. The van der Waals surface area contributed by atoms with Gasteiger partial charge in [-0.15, -0.1) is 0 Å². The van der Waals surface area contributed by atoms with Crippen LogP contribution >= 0.6 is 11.6 Å². The summed E-state index contributed by atoms with van der Waals surface area (Å²) in [6.45, 7) is 0. The quantitative estimate of drug-likeness (QED) is 0.909. The predicted molar refractivity (Wildman–Crippen MR) is 64.3 cm³/mol. The van der Waals surface area contributed by atoms with Crippen LogP contribution in [-0.2, 0) is 6.42 Å². The van der Waals surface area contributed by atoms with Gasteiger partial charge >= 0.3 is 0 Å². The zero-order valence-corrected chi connectivity index (χ0v) is 9.73. The first kappa shape index (κ1) is 12.0. The van der Waals surface area contributed by atoms with E-state index in [0.717, 1.165) is 0 Å². The smallest absolute Gasteiger partial charge is 0.126 e. The Hall–Kier alpha value is -1.45. The molecule has 0 fully saturated rings. The molecule has 0 aliphatic rings. The predicted octanol–water partition coefficient (Wildman–Crippen LogP) is 3.15. The van der Waals surface area contributed by atoms with E-state index in [1.165, 1.54) is 18.2 Å². The molecule has 0 saturated heterocycles. The summed E-state index contributed by atoms with van der Waals surface area (Å²) in [6.07, 6.45) is 2.58. The van der Waals surface area contributed by atoms with Crippen molar-refractivity contribution in [1.82, 2.24) is 4.98 Å². The lowest BCUT2D eigenvalue weighted by Crippen LogP contribution is -2.03. The van der Waals surface area contributed by atoms with Gasteiger partial charge in [0.1, 0.15) is 5.82 Å². The average molecular weight is 252 g/mol. The SMILES string of the molecule is OC(Cc1cc(Cl)ccc1F)c1cccnc1. The van der Waals surface area contributed by atoms with E-state index in [1.807, 2.05) is 0 Å². The lowest BCUT2D eigenvalue weighted by atomic mass is 10.0. The molecule has 0 amide bonds. The van der Waals surface area contributed by atoms with Crippen LogP contribution in [0.2, 0.25) is 5.02 Å². The molecule has 1 aromatic heterocycles. The Morgan fingerprint density at radius 1 is 1.35 bits per heavy atom. The van der Waals surface area contributed by atoms with E-state index in [0.29, 0.717) is 16.1 Å². The zero-order valence-electron chi connectivity index (χ0n) is 8.98. The summed E-state index contributed by atoms with van der Waals surface area (Å²) in [5.74, 6) is -0.364. The van der Waals surface area contributed by atoms with Gasteiger partial charge in [-0.1, -0.05) is 17.7 Å². The second-order valence-corrected chi connectivity index (χ2v) is 4.18. The summed E-state index contributed by atoms with van der Waals surface area (Å²) in [5, 5.41) is 10.4. The second kappa shape index (κ2) is 5.25. The fourth-order valence-electron chi connectivity index (χ4n) is 1.60. The molecule has 0 bridgehead atoms. The van der Waals surface area contributed by atoms with Crippen LogP contribution in [-0.4, -0.2) is 10.1 Å². The summed E-state index contributed by atoms with van der Waals surface area (Å²) in [4.78, 5) is 3.91. The number of aliphatic hydroxyl groups excluding tert-OH is 1. The largest absolute Gasteiger partial charge is 0.388 e. The number of halogens is 2. The van der Waals surface area contributed by atoms with E-state index in [9.17, 15) is 9.50 Å². The van der Waals surface area contributed by atoms with Crippen molar-refractivity contribution in [2.24, 2.45) is 0 Å². The normalized spacial score (nSPS) is 12.4. The maximum atomic E-state index is 13.5. The van der Waals surface area contributed by atoms with Crippen LogP contribution in [0, 0.1) is 5.82 Å². The molecule has 2 nitrogen and oxygen atoms in total. The summed E-state index contributed by atoms with van der Waals surface area (Å²) in [5.41, 5.74) is 1.06. The number of hydrogen-bond acceptors (Lipinski definition) is 2. The molecule has 1 unspecified atom stereocenters. The minimum Gasteiger partial charge on any atom is -0.388 e. The highest BCUT2D eigenvalue weighted by Crippen LogP contribution is 2.21. The van der Waals surface area contributed by atoms with E-state index < -0.39 is 6.10 Å². The Bertz CT molecular complexity index is 504. The molecule has 17 heavy (non-hydrogen) atoms. The molecule has 0 spiro atoms. The van der Waals surface area contributed by atoms with E-state index >= 15 is 0 Å². The molecule has 0 radical (unpaired) electrons. The third-order valence-corrected chi connectivity index (χ3v) is 2.73. The molecule has 88 valence electrons. The molecule has 1 heterocycles. The maximum absolute atomic E-state index is 13.5. The lowest BCUT2D eigenvalue weighted by molar-refractivity contribution is 0.176. The first-order valence-electron chi connectivity index (χ1n) is 5.19. The molecule has 4 heteroatoms. The highest BCUT2D eigenvalue weighted by Gasteiger charge is 2.12. The van der Waals surface area contributed by atoms with Crippen LogP contribution in [0.25, 0.3) is 0 Å². The Morgan fingerprint density at radius 2 is 2.18 bits per heavy atom. The maximum Gasteiger partial charge on any atom is 0.126 e. The van der Waals surface area contributed by atoms with Gasteiger partial charge < -0.3 is 5.11 Å². The Labute approximate surface area is 104 Å². The van der Waals surface area contributed by atoms with Gasteiger partial charge in [-0.05, 0) is 35.4 Å². The summed E-state index contributed by atoms with van der Waals surface area (Å²) < 4.78 is 13.5. The van der Waals surface area contributed by atoms with Gasteiger partial charge in [-0.3, -0.25) is 4.98 Å². The van der Waals surface area contributed by atoms with Gasteiger partial charge in [0.05, 0.1) is 6.10 Å². The van der Waals surface area contributed by atoms with Crippen LogP contribution in [0.5, 0.6) is 0 Å². The fraction of sp³-hybridized carbons (Fsp3) is 0.154. The van der Waals surface area contributed by atoms with Crippen molar-refractivity contribution in [3.8, 4) is 0 Å². The standard InChI is InChI=1S/C13H11ClFNO/c14-11-3-4-12(15)10(6-11)7-13(17)9-2-1-5-16-8-9/h1-6,8,13,17H,7H2. The number of aromatic nitrogens is 1. The lowest BCUT2D eigenvalue weighted by Gasteiger charge is -2.11. The molecule has 2 aromatic rings. The zero-order chi connectivity index (χ0) is 12.3. The topological polar surface area (TPSA) is 33.1 Å².